The maximum atomic E-state index is 13.3. The minimum absolute atomic E-state index is 0.152. The lowest BCUT2D eigenvalue weighted by Gasteiger charge is -2.22. The van der Waals surface area contributed by atoms with E-state index >= 15 is 0 Å². The first-order valence-electron chi connectivity index (χ1n) is 9.97. The Hall–Kier alpha value is -3.65. The summed E-state index contributed by atoms with van der Waals surface area (Å²) in [6, 6.07) is 12.4. The highest BCUT2D eigenvalue weighted by atomic mass is 16.5. The second-order valence-corrected chi connectivity index (χ2v) is 7.35. The Kier molecular flexibility index (Phi) is 5.73. The van der Waals surface area contributed by atoms with Crippen molar-refractivity contribution >= 4 is 27.8 Å². The normalized spacial score (nSPS) is 11.2. The van der Waals surface area contributed by atoms with Crippen molar-refractivity contribution in [1.29, 1.82) is 0 Å². The number of methoxy groups -OCH3 is 1. The average molecular weight is 417 g/mol. The molecule has 0 saturated carbocycles. The number of aromatic nitrogens is 4. The molecule has 8 nitrogen and oxygen atoms in total. The molecule has 0 saturated heterocycles. The number of fused-ring (bicyclic) bond motifs is 2. The number of hydrogen-bond acceptors (Lipinski definition) is 6. The van der Waals surface area contributed by atoms with E-state index < -0.39 is 0 Å². The van der Waals surface area contributed by atoms with Crippen molar-refractivity contribution in [2.75, 3.05) is 20.3 Å². The first-order chi connectivity index (χ1) is 15.0. The summed E-state index contributed by atoms with van der Waals surface area (Å²) >= 11 is 0. The predicted octanol–water partition coefficient (Wildman–Crippen LogP) is 2.77. The molecule has 0 atom stereocenters. The van der Waals surface area contributed by atoms with Crippen LogP contribution in [0.5, 0.6) is 0 Å². The van der Waals surface area contributed by atoms with E-state index in [0.29, 0.717) is 41.0 Å². The van der Waals surface area contributed by atoms with Crippen molar-refractivity contribution in [3.05, 3.63) is 75.6 Å². The number of rotatable bonds is 6. The molecule has 0 bridgehead atoms. The molecule has 0 radical (unpaired) electrons. The van der Waals surface area contributed by atoms with Crippen LogP contribution in [0.15, 0.2) is 47.3 Å². The van der Waals surface area contributed by atoms with Crippen molar-refractivity contribution in [1.82, 2.24) is 24.8 Å². The van der Waals surface area contributed by atoms with Crippen molar-refractivity contribution in [3.63, 3.8) is 0 Å². The third kappa shape index (κ3) is 4.29. The zero-order valence-electron chi connectivity index (χ0n) is 17.7. The molecule has 0 aliphatic rings. The molecular weight excluding hydrogens is 394 g/mol. The molecule has 0 spiro atoms. The van der Waals surface area contributed by atoms with Gasteiger partial charge < -0.3 is 14.6 Å². The van der Waals surface area contributed by atoms with E-state index in [1.807, 2.05) is 19.9 Å². The number of benzene rings is 2. The fourth-order valence-electron chi connectivity index (χ4n) is 3.39. The van der Waals surface area contributed by atoms with Crippen LogP contribution in [-0.4, -0.2) is 51.0 Å². The van der Waals surface area contributed by atoms with Crippen molar-refractivity contribution in [3.8, 4) is 0 Å². The van der Waals surface area contributed by atoms with Gasteiger partial charge in [-0.25, -0.2) is 15.0 Å². The van der Waals surface area contributed by atoms with Gasteiger partial charge in [-0.1, -0.05) is 12.1 Å². The fraction of sp³-hybridized carbons (Fsp3) is 0.261. The molecule has 1 amide bonds. The van der Waals surface area contributed by atoms with E-state index in [0.717, 1.165) is 16.9 Å². The SMILES string of the molecule is COCCN(Cc1nc2ccccc2c(=O)[nH]1)C(=O)c1ccc2nc(C)c(C)nc2c1. The maximum Gasteiger partial charge on any atom is 0.258 e. The van der Waals surface area contributed by atoms with Crippen LogP contribution in [0.3, 0.4) is 0 Å². The van der Waals surface area contributed by atoms with Crippen molar-refractivity contribution in [2.45, 2.75) is 20.4 Å². The van der Waals surface area contributed by atoms with Crippen LogP contribution in [0.25, 0.3) is 21.9 Å². The largest absolute Gasteiger partial charge is 0.383 e. The average Bonchev–Trinajstić information content (AvgIpc) is 2.76. The number of carbonyl (C=O) groups excluding carboxylic acids is 1. The third-order valence-electron chi connectivity index (χ3n) is 5.18. The molecule has 2 heterocycles. The smallest absolute Gasteiger partial charge is 0.258 e. The highest BCUT2D eigenvalue weighted by molar-refractivity contribution is 5.97. The third-order valence-corrected chi connectivity index (χ3v) is 5.18. The fourth-order valence-corrected chi connectivity index (χ4v) is 3.39. The molecule has 0 unspecified atom stereocenters. The minimum atomic E-state index is -0.230. The van der Waals surface area contributed by atoms with Crippen LogP contribution in [0.4, 0.5) is 0 Å². The second-order valence-electron chi connectivity index (χ2n) is 7.35. The van der Waals surface area contributed by atoms with E-state index in [1.165, 1.54) is 0 Å². The highest BCUT2D eigenvalue weighted by Crippen LogP contribution is 2.17. The molecule has 4 aromatic rings. The molecule has 158 valence electrons. The molecular formula is C23H23N5O3. The summed E-state index contributed by atoms with van der Waals surface area (Å²) in [5.41, 5.74) is 3.94. The van der Waals surface area contributed by atoms with Crippen LogP contribution < -0.4 is 5.56 Å². The van der Waals surface area contributed by atoms with Gasteiger partial charge in [-0.3, -0.25) is 9.59 Å². The monoisotopic (exact) mass is 417 g/mol. The summed E-state index contributed by atoms with van der Waals surface area (Å²) in [5, 5.41) is 0.514. The summed E-state index contributed by atoms with van der Waals surface area (Å²) < 4.78 is 5.18. The number of carbonyl (C=O) groups is 1. The van der Waals surface area contributed by atoms with Gasteiger partial charge in [0.15, 0.2) is 0 Å². The molecule has 1 N–H and O–H groups in total. The van der Waals surface area contributed by atoms with Gasteiger partial charge in [0, 0.05) is 19.2 Å². The van der Waals surface area contributed by atoms with Gasteiger partial charge in [-0.2, -0.15) is 0 Å². The van der Waals surface area contributed by atoms with E-state index in [2.05, 4.69) is 19.9 Å². The summed E-state index contributed by atoms with van der Waals surface area (Å²) in [5.74, 6) is 0.218. The number of hydrogen-bond donors (Lipinski definition) is 1. The van der Waals surface area contributed by atoms with E-state index in [1.54, 1.807) is 48.4 Å². The maximum absolute atomic E-state index is 13.3. The molecule has 31 heavy (non-hydrogen) atoms. The second kappa shape index (κ2) is 8.61. The van der Waals surface area contributed by atoms with Crippen LogP contribution in [0.1, 0.15) is 27.6 Å². The quantitative estimate of drug-likeness (QED) is 0.518. The summed E-state index contributed by atoms with van der Waals surface area (Å²) in [4.78, 5) is 43.7. The lowest BCUT2D eigenvalue weighted by molar-refractivity contribution is 0.0675. The van der Waals surface area contributed by atoms with Crippen LogP contribution >= 0.6 is 0 Å². The molecule has 2 aromatic carbocycles. The molecule has 0 aliphatic heterocycles. The summed E-state index contributed by atoms with van der Waals surface area (Å²) in [6.45, 7) is 4.66. The lowest BCUT2D eigenvalue weighted by Crippen LogP contribution is -2.34. The number of nitrogens with one attached hydrogen (secondary N) is 1. The Bertz CT molecular complexity index is 1330. The molecule has 2 aromatic heterocycles. The number of amides is 1. The molecule has 4 rings (SSSR count). The molecule has 8 heteroatoms. The van der Waals surface area contributed by atoms with Gasteiger partial charge in [0.1, 0.15) is 5.82 Å². The Balaban J connectivity index is 1.67. The number of aryl methyl sites for hydroxylation is 2. The number of nitrogens with zero attached hydrogens (tertiary/aromatic N) is 4. The number of H-pyrrole nitrogens is 1. The number of aromatic amines is 1. The van der Waals surface area contributed by atoms with E-state index in [4.69, 9.17) is 4.74 Å². The zero-order chi connectivity index (χ0) is 22.0. The van der Waals surface area contributed by atoms with Gasteiger partial charge >= 0.3 is 0 Å². The van der Waals surface area contributed by atoms with Gasteiger partial charge in [0.05, 0.1) is 46.5 Å². The lowest BCUT2D eigenvalue weighted by atomic mass is 10.1. The van der Waals surface area contributed by atoms with E-state index in [-0.39, 0.29) is 18.0 Å². The van der Waals surface area contributed by atoms with Crippen LogP contribution in [-0.2, 0) is 11.3 Å². The van der Waals surface area contributed by atoms with Gasteiger partial charge in [0.25, 0.3) is 11.5 Å². The first-order valence-corrected chi connectivity index (χ1v) is 9.97. The van der Waals surface area contributed by atoms with Gasteiger partial charge in [0.2, 0.25) is 0 Å². The minimum Gasteiger partial charge on any atom is -0.383 e. The van der Waals surface area contributed by atoms with Crippen molar-refractivity contribution < 1.29 is 9.53 Å². The Morgan fingerprint density at radius 1 is 1.00 bits per heavy atom. The highest BCUT2D eigenvalue weighted by Gasteiger charge is 2.19. The molecule has 0 fully saturated rings. The van der Waals surface area contributed by atoms with Gasteiger partial charge in [-0.05, 0) is 44.2 Å². The Morgan fingerprint density at radius 2 is 1.74 bits per heavy atom. The van der Waals surface area contributed by atoms with Crippen LogP contribution in [0.2, 0.25) is 0 Å². The predicted molar refractivity (Wildman–Crippen MR) is 118 cm³/mol. The van der Waals surface area contributed by atoms with Crippen LogP contribution in [0, 0.1) is 13.8 Å². The zero-order valence-corrected chi connectivity index (χ0v) is 17.7. The van der Waals surface area contributed by atoms with E-state index in [9.17, 15) is 9.59 Å². The Labute approximate surface area is 178 Å². The first kappa shape index (κ1) is 20.6. The van der Waals surface area contributed by atoms with Gasteiger partial charge in [-0.15, -0.1) is 0 Å². The Morgan fingerprint density at radius 3 is 2.52 bits per heavy atom. The standard InChI is InChI=1S/C23H23N5O3/c1-14-15(2)25-20-12-16(8-9-19(20)24-14)23(30)28(10-11-31-3)13-21-26-18-7-5-4-6-17(18)22(29)27-21/h4-9,12H,10-11,13H2,1-3H3,(H,26,27,29). The molecule has 0 aliphatic carbocycles. The van der Waals surface area contributed by atoms with Crippen molar-refractivity contribution in [2.24, 2.45) is 0 Å². The summed E-state index contributed by atoms with van der Waals surface area (Å²) in [6.07, 6.45) is 0. The number of ether oxygens (including phenoxy) is 1. The topological polar surface area (TPSA) is 101 Å². The summed E-state index contributed by atoms with van der Waals surface area (Å²) in [7, 11) is 1.58. The number of para-hydroxylation sites is 1.